The molecule has 2 aromatic rings. The van der Waals surface area contributed by atoms with Gasteiger partial charge in [0.15, 0.2) is 0 Å². The molecule has 2 rings (SSSR count). The van der Waals surface area contributed by atoms with Gasteiger partial charge in [0, 0.05) is 16.5 Å². The third kappa shape index (κ3) is 1.62. The van der Waals surface area contributed by atoms with Gasteiger partial charge in [-0.3, -0.25) is 0 Å². The largest absolute Gasteiger partial charge is 0.244 e. The van der Waals surface area contributed by atoms with Crippen molar-refractivity contribution in [3.05, 3.63) is 28.3 Å². The third-order valence-corrected chi connectivity index (χ3v) is 3.73. The molecule has 76 valence electrons. The van der Waals surface area contributed by atoms with E-state index in [1.807, 2.05) is 0 Å². The van der Waals surface area contributed by atoms with Crippen LogP contribution in [0, 0.1) is 11.3 Å². The zero-order valence-electron chi connectivity index (χ0n) is 8.87. The highest BCUT2D eigenvalue weighted by Gasteiger charge is 2.09. The molecule has 0 unspecified atom stereocenters. The number of nitrogens with zero attached hydrogens (tertiary/aromatic N) is 2. The molecule has 15 heavy (non-hydrogen) atoms. The molecule has 0 fully saturated rings. The van der Waals surface area contributed by atoms with Crippen molar-refractivity contribution in [1.82, 2.24) is 4.98 Å². The van der Waals surface area contributed by atoms with Crippen molar-refractivity contribution in [3.8, 4) is 6.07 Å². The average molecular weight is 216 g/mol. The van der Waals surface area contributed by atoms with Crippen LogP contribution in [0.3, 0.4) is 0 Å². The zero-order chi connectivity index (χ0) is 10.8. The lowest BCUT2D eigenvalue weighted by molar-refractivity contribution is 1.13. The van der Waals surface area contributed by atoms with E-state index in [4.69, 9.17) is 5.26 Å². The molecule has 0 aliphatic heterocycles. The summed E-state index contributed by atoms with van der Waals surface area (Å²) < 4.78 is 0. The van der Waals surface area contributed by atoms with Crippen LogP contribution in [0.25, 0.3) is 10.2 Å². The maximum absolute atomic E-state index is 8.99. The minimum Gasteiger partial charge on any atom is -0.244 e. The minimum atomic E-state index is 0.713. The Hall–Kier alpha value is -1.40. The maximum Gasteiger partial charge on any atom is 0.123 e. The van der Waals surface area contributed by atoms with Gasteiger partial charge in [0.25, 0.3) is 0 Å². The first-order valence-electron chi connectivity index (χ1n) is 5.10. The molecule has 0 N–H and O–H groups in total. The second kappa shape index (κ2) is 4.00. The Morgan fingerprint density at radius 1 is 1.40 bits per heavy atom. The Kier molecular flexibility index (Phi) is 2.70. The fraction of sp³-hybridized carbons (Fsp3) is 0.333. The van der Waals surface area contributed by atoms with Crippen molar-refractivity contribution in [2.24, 2.45) is 0 Å². The Labute approximate surface area is 93.2 Å². The highest BCUT2D eigenvalue weighted by atomic mass is 32.1. The molecular formula is C12H12N2S. The average Bonchev–Trinajstić information content (AvgIpc) is 2.70. The molecule has 2 aromatic heterocycles. The van der Waals surface area contributed by atoms with E-state index in [0.29, 0.717) is 5.56 Å². The number of aromatic nitrogens is 1. The van der Waals surface area contributed by atoms with Crippen molar-refractivity contribution in [2.45, 2.75) is 26.7 Å². The van der Waals surface area contributed by atoms with Gasteiger partial charge in [0.05, 0.1) is 5.56 Å². The number of hydrogen-bond acceptors (Lipinski definition) is 3. The topological polar surface area (TPSA) is 36.7 Å². The SMILES string of the molecule is CCc1cc2c(CC)c(C#N)cnc2s1. The van der Waals surface area contributed by atoms with Crippen LogP contribution < -0.4 is 0 Å². The van der Waals surface area contributed by atoms with Crippen LogP contribution in [-0.2, 0) is 12.8 Å². The van der Waals surface area contributed by atoms with Crippen LogP contribution in [0.1, 0.15) is 29.9 Å². The van der Waals surface area contributed by atoms with E-state index in [9.17, 15) is 0 Å². The first kappa shape index (κ1) is 10.1. The first-order valence-corrected chi connectivity index (χ1v) is 5.92. The molecule has 0 bridgehead atoms. The third-order valence-electron chi connectivity index (χ3n) is 2.55. The number of aryl methyl sites for hydroxylation is 2. The number of rotatable bonds is 2. The summed E-state index contributed by atoms with van der Waals surface area (Å²) >= 11 is 1.73. The molecule has 0 saturated heterocycles. The number of fused-ring (bicyclic) bond motifs is 1. The van der Waals surface area contributed by atoms with E-state index in [0.717, 1.165) is 23.2 Å². The lowest BCUT2D eigenvalue weighted by atomic mass is 10.1. The van der Waals surface area contributed by atoms with Crippen molar-refractivity contribution >= 4 is 21.6 Å². The van der Waals surface area contributed by atoms with Gasteiger partial charge in [-0.05, 0) is 24.5 Å². The number of hydrogen-bond donors (Lipinski definition) is 0. The van der Waals surface area contributed by atoms with Gasteiger partial charge in [0.2, 0.25) is 0 Å². The molecular weight excluding hydrogens is 204 g/mol. The van der Waals surface area contributed by atoms with Gasteiger partial charge >= 0.3 is 0 Å². The molecule has 0 aliphatic rings. The van der Waals surface area contributed by atoms with E-state index in [1.54, 1.807) is 17.5 Å². The second-order valence-corrected chi connectivity index (χ2v) is 4.52. The van der Waals surface area contributed by atoms with Gasteiger partial charge in [-0.1, -0.05) is 13.8 Å². The highest BCUT2D eigenvalue weighted by Crippen LogP contribution is 2.28. The van der Waals surface area contributed by atoms with Crippen LogP contribution in [-0.4, -0.2) is 4.98 Å². The normalized spacial score (nSPS) is 10.5. The summed E-state index contributed by atoms with van der Waals surface area (Å²) in [6.07, 6.45) is 3.62. The van der Waals surface area contributed by atoms with E-state index >= 15 is 0 Å². The quantitative estimate of drug-likeness (QED) is 0.772. The van der Waals surface area contributed by atoms with Gasteiger partial charge in [-0.25, -0.2) is 4.98 Å². The predicted octanol–water partition coefficient (Wildman–Crippen LogP) is 3.29. The van der Waals surface area contributed by atoms with Crippen molar-refractivity contribution in [2.75, 3.05) is 0 Å². The van der Waals surface area contributed by atoms with Crippen LogP contribution in [0.2, 0.25) is 0 Å². The standard InChI is InChI=1S/C12H12N2S/c1-3-9-5-11-10(4-2)8(6-13)7-14-12(11)15-9/h5,7H,3-4H2,1-2H3. The van der Waals surface area contributed by atoms with Gasteiger partial charge in [-0.2, -0.15) is 5.26 Å². The van der Waals surface area contributed by atoms with Crippen LogP contribution in [0.5, 0.6) is 0 Å². The summed E-state index contributed by atoms with van der Waals surface area (Å²) in [5.74, 6) is 0. The van der Waals surface area contributed by atoms with E-state index in [-0.39, 0.29) is 0 Å². The molecule has 2 heterocycles. The molecule has 0 aromatic carbocycles. The highest BCUT2D eigenvalue weighted by molar-refractivity contribution is 7.18. The van der Waals surface area contributed by atoms with Crippen LogP contribution in [0.4, 0.5) is 0 Å². The summed E-state index contributed by atoms with van der Waals surface area (Å²) in [7, 11) is 0. The lowest BCUT2D eigenvalue weighted by Crippen LogP contribution is -1.89. The van der Waals surface area contributed by atoms with Crippen LogP contribution in [0.15, 0.2) is 12.3 Å². The monoisotopic (exact) mass is 216 g/mol. The molecule has 0 amide bonds. The maximum atomic E-state index is 8.99. The number of pyridine rings is 1. The fourth-order valence-corrected chi connectivity index (χ4v) is 2.71. The molecule has 2 nitrogen and oxygen atoms in total. The molecule has 3 heteroatoms. The lowest BCUT2D eigenvalue weighted by Gasteiger charge is -2.00. The molecule has 0 aliphatic carbocycles. The predicted molar refractivity (Wildman–Crippen MR) is 63.1 cm³/mol. The van der Waals surface area contributed by atoms with Gasteiger partial charge in [-0.15, -0.1) is 11.3 Å². The molecule has 0 atom stereocenters. The van der Waals surface area contributed by atoms with Gasteiger partial charge < -0.3 is 0 Å². The fourth-order valence-electron chi connectivity index (χ4n) is 1.74. The summed E-state index contributed by atoms with van der Waals surface area (Å²) in [5, 5.41) is 10.2. The summed E-state index contributed by atoms with van der Waals surface area (Å²) in [6.45, 7) is 4.22. The smallest absolute Gasteiger partial charge is 0.123 e. The summed E-state index contributed by atoms with van der Waals surface area (Å²) in [5.41, 5.74) is 1.85. The molecule has 0 spiro atoms. The van der Waals surface area contributed by atoms with Gasteiger partial charge in [0.1, 0.15) is 10.9 Å². The second-order valence-electron chi connectivity index (χ2n) is 3.40. The Bertz CT molecular complexity index is 534. The van der Waals surface area contributed by atoms with E-state index < -0.39 is 0 Å². The minimum absolute atomic E-state index is 0.713. The zero-order valence-corrected chi connectivity index (χ0v) is 9.69. The Morgan fingerprint density at radius 2 is 2.20 bits per heavy atom. The molecule has 0 radical (unpaired) electrons. The Morgan fingerprint density at radius 3 is 2.80 bits per heavy atom. The van der Waals surface area contributed by atoms with Crippen molar-refractivity contribution in [3.63, 3.8) is 0 Å². The summed E-state index contributed by atoms with van der Waals surface area (Å²) in [6, 6.07) is 4.38. The number of nitriles is 1. The van der Waals surface area contributed by atoms with Crippen molar-refractivity contribution in [1.29, 1.82) is 5.26 Å². The van der Waals surface area contributed by atoms with Crippen molar-refractivity contribution < 1.29 is 0 Å². The van der Waals surface area contributed by atoms with E-state index in [1.165, 1.54) is 10.3 Å². The van der Waals surface area contributed by atoms with Crippen LogP contribution >= 0.6 is 11.3 Å². The summed E-state index contributed by atoms with van der Waals surface area (Å²) in [4.78, 5) is 6.72. The first-order chi connectivity index (χ1) is 7.30. The Balaban J connectivity index is 2.76. The molecule has 0 saturated carbocycles. The number of thiophene rings is 1. The van der Waals surface area contributed by atoms with E-state index in [2.05, 4.69) is 31.0 Å².